The number of likely N-dealkylation sites (tertiary alicyclic amines) is 1. The summed E-state index contributed by atoms with van der Waals surface area (Å²) in [5.74, 6) is -1.54. The van der Waals surface area contributed by atoms with Crippen molar-refractivity contribution in [3.63, 3.8) is 0 Å². The van der Waals surface area contributed by atoms with E-state index in [-0.39, 0.29) is 51.6 Å². The van der Waals surface area contributed by atoms with E-state index in [0.717, 1.165) is 37.7 Å². The van der Waals surface area contributed by atoms with Crippen LogP contribution in [0.25, 0.3) is 0 Å². The molecule has 11 heteroatoms. The van der Waals surface area contributed by atoms with Gasteiger partial charge in [-0.25, -0.2) is 4.39 Å². The van der Waals surface area contributed by atoms with Crippen LogP contribution in [0.4, 0.5) is 4.39 Å². The summed E-state index contributed by atoms with van der Waals surface area (Å²) in [6.45, 7) is 5.60. The van der Waals surface area contributed by atoms with Crippen LogP contribution < -0.4 is 15.8 Å². The molecule has 1 aliphatic heterocycles. The smallest absolute Gasteiger partial charge is 0.254 e. The van der Waals surface area contributed by atoms with Crippen LogP contribution in [-0.4, -0.2) is 57.7 Å². The van der Waals surface area contributed by atoms with Gasteiger partial charge in [-0.1, -0.05) is 68.8 Å². The third kappa shape index (κ3) is 9.54. The largest absolute Gasteiger partial charge is 0.457 e. The van der Waals surface area contributed by atoms with Gasteiger partial charge in [0.05, 0.1) is 16.3 Å². The number of hydrogen-bond acceptors (Lipinski definition) is 8. The molecule has 0 aromatic heterocycles. The molecule has 0 unspecified atom stereocenters. The maximum atomic E-state index is 15.8. The number of benzene rings is 3. The monoisotopic (exact) mass is 696 g/mol. The van der Waals surface area contributed by atoms with E-state index in [4.69, 9.17) is 26.7 Å². The number of primary amides is 1. The standard InChI is InChI=1S/C39H45FN6O3S/c1-24(2)37(43)50-38(44)26-12-14-31(15-13-26)49-35-23-32(39(48)45-29-16-18-46(19-17-29)30-10-6-7-11-30)33(40)21-27(35)20-28(36(42)47)22-34(41)25-8-4-3-5-9-25/h3-5,8-9,12-15,21-24,29-30,41,43-44H,6-7,10-11,16-20H2,1-2H3,(H2,42,47)(H,45,48)/b28-22-,41-34?,43-37?,44-38?. The number of amides is 2. The molecule has 2 fully saturated rings. The van der Waals surface area contributed by atoms with Crippen molar-refractivity contribution in [2.45, 2.75) is 70.9 Å². The third-order valence-corrected chi connectivity index (χ3v) is 10.4. The van der Waals surface area contributed by atoms with E-state index in [2.05, 4.69) is 10.2 Å². The molecule has 9 nitrogen and oxygen atoms in total. The normalized spacial score (nSPS) is 16.0. The molecule has 3 aromatic carbocycles. The number of carbonyl (C=O) groups excluding carboxylic acids is 2. The van der Waals surface area contributed by atoms with Crippen LogP contribution in [0.2, 0.25) is 0 Å². The minimum absolute atomic E-state index is 0.00625. The van der Waals surface area contributed by atoms with Gasteiger partial charge >= 0.3 is 0 Å². The van der Waals surface area contributed by atoms with Gasteiger partial charge in [-0.05, 0) is 73.7 Å². The number of carbonyl (C=O) groups is 2. The number of nitrogens with two attached hydrogens (primary N) is 1. The van der Waals surface area contributed by atoms with E-state index in [9.17, 15) is 9.59 Å². The number of piperidine rings is 1. The Morgan fingerprint density at radius 1 is 0.980 bits per heavy atom. The molecule has 1 saturated carbocycles. The number of allylic oxidation sites excluding steroid dienone is 1. The summed E-state index contributed by atoms with van der Waals surface area (Å²) >= 11 is 1.08. The SMILES string of the molecule is CC(C)C(=N)SC(=N)c1ccc(Oc2cc(C(=O)NC3CCN(C4CCCC4)CC3)c(F)cc2C/C(=C/C(=N)c2ccccc2)C(N)=O)cc1. The molecule has 1 saturated heterocycles. The maximum Gasteiger partial charge on any atom is 0.254 e. The van der Waals surface area contributed by atoms with Crippen molar-refractivity contribution in [1.29, 1.82) is 16.2 Å². The van der Waals surface area contributed by atoms with Gasteiger partial charge in [0.2, 0.25) is 5.91 Å². The number of rotatable bonds is 12. The van der Waals surface area contributed by atoms with Gasteiger partial charge in [0.25, 0.3) is 5.91 Å². The average Bonchev–Trinajstić information content (AvgIpc) is 3.65. The number of halogens is 1. The Morgan fingerprint density at radius 2 is 1.64 bits per heavy atom. The molecule has 5 rings (SSSR count). The second kappa shape index (κ2) is 16.9. The second-order valence-corrected chi connectivity index (χ2v) is 14.3. The van der Waals surface area contributed by atoms with Crippen molar-refractivity contribution >= 4 is 39.4 Å². The topological polar surface area (TPSA) is 156 Å². The molecule has 0 atom stereocenters. The molecule has 1 aliphatic carbocycles. The summed E-state index contributed by atoms with van der Waals surface area (Å²) in [5, 5.41) is 28.6. The first-order valence-corrected chi connectivity index (χ1v) is 17.9. The van der Waals surface area contributed by atoms with Crippen LogP contribution in [0.3, 0.4) is 0 Å². The van der Waals surface area contributed by atoms with Gasteiger partial charge in [-0.15, -0.1) is 0 Å². The molecule has 1 heterocycles. The first-order chi connectivity index (χ1) is 24.0. The fourth-order valence-corrected chi connectivity index (χ4v) is 7.03. The minimum Gasteiger partial charge on any atom is -0.457 e. The predicted molar refractivity (Wildman–Crippen MR) is 198 cm³/mol. The molecular weight excluding hydrogens is 652 g/mol. The Hall–Kier alpha value is -4.61. The highest BCUT2D eigenvalue weighted by Gasteiger charge is 2.29. The number of thioether (sulfide) groups is 1. The van der Waals surface area contributed by atoms with E-state index < -0.39 is 17.6 Å². The fraction of sp³-hybridized carbons (Fsp3) is 0.359. The van der Waals surface area contributed by atoms with Gasteiger partial charge in [0.1, 0.15) is 22.4 Å². The van der Waals surface area contributed by atoms with Gasteiger partial charge in [0, 0.05) is 54.2 Å². The summed E-state index contributed by atoms with van der Waals surface area (Å²) in [5.41, 5.74) is 7.16. The Balaban J connectivity index is 1.39. The van der Waals surface area contributed by atoms with Crippen LogP contribution >= 0.6 is 11.8 Å². The Labute approximate surface area is 297 Å². The van der Waals surface area contributed by atoms with Gasteiger partial charge in [-0.2, -0.15) is 0 Å². The van der Waals surface area contributed by atoms with Crippen LogP contribution in [0.5, 0.6) is 11.5 Å². The quantitative estimate of drug-likeness (QED) is 0.0755. The number of hydrogen-bond donors (Lipinski definition) is 5. The number of nitrogens with zero attached hydrogens (tertiary/aromatic N) is 1. The molecule has 0 spiro atoms. The third-order valence-electron chi connectivity index (χ3n) is 9.28. The highest BCUT2D eigenvalue weighted by molar-refractivity contribution is 8.26. The number of nitrogens with one attached hydrogen (secondary N) is 4. The number of ether oxygens (including phenoxy) is 1. The summed E-state index contributed by atoms with van der Waals surface area (Å²) < 4.78 is 22.0. The first kappa shape index (κ1) is 36.7. The van der Waals surface area contributed by atoms with Crippen molar-refractivity contribution in [3.8, 4) is 11.5 Å². The zero-order chi connectivity index (χ0) is 35.8. The zero-order valence-electron chi connectivity index (χ0n) is 28.6. The summed E-state index contributed by atoms with van der Waals surface area (Å²) in [6.07, 6.45) is 7.80. The maximum absolute atomic E-state index is 15.8. The lowest BCUT2D eigenvalue weighted by Crippen LogP contribution is -2.47. The molecule has 0 bridgehead atoms. The van der Waals surface area contributed by atoms with Crippen LogP contribution in [0, 0.1) is 28.0 Å². The van der Waals surface area contributed by atoms with Crippen molar-refractivity contribution in [2.24, 2.45) is 11.7 Å². The molecular formula is C39H45FN6O3S. The minimum atomic E-state index is -0.768. The molecule has 2 amide bonds. The van der Waals surface area contributed by atoms with Crippen LogP contribution in [0.15, 0.2) is 78.4 Å². The van der Waals surface area contributed by atoms with E-state index in [0.29, 0.717) is 28.0 Å². The first-order valence-electron chi connectivity index (χ1n) is 17.1. The molecule has 50 heavy (non-hydrogen) atoms. The molecule has 3 aromatic rings. The second-order valence-electron chi connectivity index (χ2n) is 13.2. The summed E-state index contributed by atoms with van der Waals surface area (Å²) in [7, 11) is 0. The van der Waals surface area contributed by atoms with Gasteiger partial charge in [0.15, 0.2) is 0 Å². The van der Waals surface area contributed by atoms with E-state index in [1.807, 2.05) is 19.9 Å². The van der Waals surface area contributed by atoms with E-state index in [1.54, 1.807) is 48.5 Å². The molecule has 262 valence electrons. The van der Waals surface area contributed by atoms with Crippen molar-refractivity contribution < 1.29 is 18.7 Å². The Kier molecular flexibility index (Phi) is 12.4. The lowest BCUT2D eigenvalue weighted by Gasteiger charge is -2.36. The lowest BCUT2D eigenvalue weighted by atomic mass is 9.98. The van der Waals surface area contributed by atoms with Gasteiger partial charge < -0.3 is 26.1 Å². The molecule has 2 aliphatic rings. The van der Waals surface area contributed by atoms with Gasteiger partial charge in [-0.3, -0.25) is 20.4 Å². The predicted octanol–water partition coefficient (Wildman–Crippen LogP) is 7.47. The fourth-order valence-electron chi connectivity index (χ4n) is 6.32. The highest BCUT2D eigenvalue weighted by atomic mass is 32.2. The summed E-state index contributed by atoms with van der Waals surface area (Å²) in [4.78, 5) is 28.6. The Bertz CT molecular complexity index is 1760. The van der Waals surface area contributed by atoms with Crippen molar-refractivity contribution in [3.05, 3.63) is 106 Å². The van der Waals surface area contributed by atoms with E-state index >= 15 is 4.39 Å². The lowest BCUT2D eigenvalue weighted by molar-refractivity contribution is -0.114. The van der Waals surface area contributed by atoms with Crippen molar-refractivity contribution in [2.75, 3.05) is 13.1 Å². The average molecular weight is 697 g/mol. The van der Waals surface area contributed by atoms with Crippen LogP contribution in [0.1, 0.15) is 79.4 Å². The Morgan fingerprint density at radius 3 is 2.26 bits per heavy atom. The van der Waals surface area contributed by atoms with Crippen molar-refractivity contribution in [1.82, 2.24) is 10.2 Å². The zero-order valence-corrected chi connectivity index (χ0v) is 29.4. The van der Waals surface area contributed by atoms with E-state index in [1.165, 1.54) is 43.9 Å². The summed E-state index contributed by atoms with van der Waals surface area (Å²) in [6, 6.07) is 18.7. The molecule has 6 N–H and O–H groups in total. The molecule has 0 radical (unpaired) electrons. The van der Waals surface area contributed by atoms with Crippen LogP contribution in [-0.2, 0) is 11.2 Å². The highest BCUT2D eigenvalue weighted by Crippen LogP contribution is 2.32.